The molecule has 0 bridgehead atoms. The van der Waals surface area contributed by atoms with Gasteiger partial charge in [-0.05, 0) is 18.8 Å². The fourth-order valence-corrected chi connectivity index (χ4v) is 1.75. The number of cyclic esters (lactones) is 2. The molecule has 1 aliphatic carbocycles. The molecule has 0 radical (unpaired) electrons. The lowest BCUT2D eigenvalue weighted by atomic mass is 10.0. The van der Waals surface area contributed by atoms with E-state index < -0.39 is 6.09 Å². The van der Waals surface area contributed by atoms with Crippen molar-refractivity contribution in [2.24, 2.45) is 5.92 Å². The van der Waals surface area contributed by atoms with Crippen molar-refractivity contribution in [3.05, 3.63) is 0 Å². The number of ether oxygens (including phenoxy) is 1. The molecule has 1 aliphatic heterocycles. The van der Waals surface area contributed by atoms with Crippen LogP contribution in [0.5, 0.6) is 0 Å². The maximum absolute atomic E-state index is 11.3. The molecule has 4 nitrogen and oxygen atoms in total. The molecule has 72 valence electrons. The molecule has 1 heterocycles. The van der Waals surface area contributed by atoms with Crippen LogP contribution in [0.1, 0.15) is 26.7 Å². The lowest BCUT2D eigenvalue weighted by Gasteiger charge is -2.21. The van der Waals surface area contributed by atoms with Crippen molar-refractivity contribution >= 4 is 12.1 Å². The molecule has 1 atom stereocenters. The minimum atomic E-state index is -0.453. The van der Waals surface area contributed by atoms with Crippen LogP contribution in [0.15, 0.2) is 0 Å². The summed E-state index contributed by atoms with van der Waals surface area (Å²) in [6, 6.07) is -0.0913. The van der Waals surface area contributed by atoms with Gasteiger partial charge >= 0.3 is 12.1 Å². The molecule has 1 saturated carbocycles. The largest absolute Gasteiger partial charge is 0.418 e. The van der Waals surface area contributed by atoms with Crippen LogP contribution in [0.4, 0.5) is 4.79 Å². The highest BCUT2D eigenvalue weighted by Crippen LogP contribution is 2.34. The van der Waals surface area contributed by atoms with Crippen molar-refractivity contribution in [1.29, 1.82) is 0 Å². The normalized spacial score (nSPS) is 28.5. The van der Waals surface area contributed by atoms with Crippen LogP contribution in [0.2, 0.25) is 0 Å². The molecule has 0 aromatic heterocycles. The summed E-state index contributed by atoms with van der Waals surface area (Å²) in [5, 5.41) is 0. The summed E-state index contributed by atoms with van der Waals surface area (Å²) in [6.07, 6.45) is 1.56. The standard InChI is InChI=1S/C9H13NO3/c1-5(2)7-8(11)13-9(12)10(7)6-3-4-6/h5-7H,3-4H2,1-2H3/t7-/m0/s1. The average molecular weight is 183 g/mol. The first-order valence-corrected chi connectivity index (χ1v) is 4.65. The summed E-state index contributed by atoms with van der Waals surface area (Å²) < 4.78 is 4.60. The number of carbonyl (C=O) groups excluding carboxylic acids is 2. The third-order valence-electron chi connectivity index (χ3n) is 2.51. The van der Waals surface area contributed by atoms with Gasteiger partial charge in [0.1, 0.15) is 6.04 Å². The van der Waals surface area contributed by atoms with Gasteiger partial charge in [0.25, 0.3) is 0 Å². The third kappa shape index (κ3) is 1.30. The number of amides is 1. The molecule has 0 aromatic rings. The van der Waals surface area contributed by atoms with E-state index in [1.165, 1.54) is 0 Å². The monoisotopic (exact) mass is 183 g/mol. The van der Waals surface area contributed by atoms with Gasteiger partial charge in [0.05, 0.1) is 0 Å². The fraction of sp³-hybridized carbons (Fsp3) is 0.778. The summed E-state index contributed by atoms with van der Waals surface area (Å²) >= 11 is 0. The highest BCUT2D eigenvalue weighted by atomic mass is 16.6. The van der Waals surface area contributed by atoms with Crippen molar-refractivity contribution in [3.8, 4) is 0 Å². The molecular formula is C9H13NO3. The number of rotatable bonds is 2. The minimum Gasteiger partial charge on any atom is -0.375 e. The Kier molecular flexibility index (Phi) is 1.78. The smallest absolute Gasteiger partial charge is 0.375 e. The summed E-state index contributed by atoms with van der Waals surface area (Å²) in [4.78, 5) is 24.2. The highest BCUT2D eigenvalue weighted by molar-refractivity contribution is 5.96. The van der Waals surface area contributed by atoms with E-state index in [1.807, 2.05) is 13.8 Å². The van der Waals surface area contributed by atoms with E-state index in [-0.39, 0.29) is 24.0 Å². The Morgan fingerprint density at radius 3 is 2.46 bits per heavy atom. The van der Waals surface area contributed by atoms with Crippen molar-refractivity contribution in [2.75, 3.05) is 0 Å². The van der Waals surface area contributed by atoms with Crippen LogP contribution in [-0.2, 0) is 9.53 Å². The lowest BCUT2D eigenvalue weighted by Crippen LogP contribution is -2.40. The van der Waals surface area contributed by atoms with Crippen LogP contribution in [0.3, 0.4) is 0 Å². The van der Waals surface area contributed by atoms with Crippen molar-refractivity contribution in [3.63, 3.8) is 0 Å². The van der Waals surface area contributed by atoms with Gasteiger partial charge in [0, 0.05) is 6.04 Å². The molecule has 2 aliphatic rings. The van der Waals surface area contributed by atoms with Crippen LogP contribution >= 0.6 is 0 Å². The van der Waals surface area contributed by atoms with Gasteiger partial charge in [0.2, 0.25) is 0 Å². The summed E-state index contributed by atoms with van der Waals surface area (Å²) in [6.45, 7) is 3.86. The zero-order valence-corrected chi connectivity index (χ0v) is 7.82. The average Bonchev–Trinajstić information content (AvgIpc) is 2.77. The van der Waals surface area contributed by atoms with Crippen molar-refractivity contribution in [2.45, 2.75) is 38.8 Å². The Bertz CT molecular complexity index is 240. The Balaban J connectivity index is 2.20. The summed E-state index contributed by atoms with van der Waals surface area (Å²) in [7, 11) is 0. The van der Waals surface area contributed by atoms with E-state index in [0.29, 0.717) is 0 Å². The molecule has 1 amide bonds. The van der Waals surface area contributed by atoms with Gasteiger partial charge in [-0.25, -0.2) is 9.59 Å². The van der Waals surface area contributed by atoms with E-state index >= 15 is 0 Å². The molecule has 1 saturated heterocycles. The first kappa shape index (κ1) is 8.53. The van der Waals surface area contributed by atoms with E-state index in [1.54, 1.807) is 4.90 Å². The molecule has 2 rings (SSSR count). The number of hydrogen-bond donors (Lipinski definition) is 0. The van der Waals surface area contributed by atoms with E-state index in [4.69, 9.17) is 0 Å². The topological polar surface area (TPSA) is 46.6 Å². The van der Waals surface area contributed by atoms with Crippen LogP contribution in [0.25, 0.3) is 0 Å². The second-order valence-corrected chi connectivity index (χ2v) is 4.01. The summed E-state index contributed by atoms with van der Waals surface area (Å²) in [5.74, 6) is -0.244. The van der Waals surface area contributed by atoms with Crippen LogP contribution in [-0.4, -0.2) is 29.0 Å². The highest BCUT2D eigenvalue weighted by Gasteiger charge is 2.49. The van der Waals surface area contributed by atoms with E-state index in [2.05, 4.69) is 4.74 Å². The predicted molar refractivity (Wildman–Crippen MR) is 45.0 cm³/mol. The molecule has 0 N–H and O–H groups in total. The van der Waals surface area contributed by atoms with E-state index in [0.717, 1.165) is 12.8 Å². The number of nitrogens with zero attached hydrogens (tertiary/aromatic N) is 1. The fourth-order valence-electron chi connectivity index (χ4n) is 1.75. The lowest BCUT2D eigenvalue weighted by molar-refractivity contribution is -0.136. The van der Waals surface area contributed by atoms with Crippen LogP contribution < -0.4 is 0 Å². The molecule has 13 heavy (non-hydrogen) atoms. The van der Waals surface area contributed by atoms with Gasteiger partial charge in [-0.15, -0.1) is 0 Å². The second-order valence-electron chi connectivity index (χ2n) is 4.01. The number of carbonyl (C=O) groups is 2. The number of hydrogen-bond acceptors (Lipinski definition) is 3. The van der Waals surface area contributed by atoms with Gasteiger partial charge in [-0.1, -0.05) is 13.8 Å². The van der Waals surface area contributed by atoms with Gasteiger partial charge in [0.15, 0.2) is 0 Å². The van der Waals surface area contributed by atoms with Gasteiger partial charge in [-0.2, -0.15) is 0 Å². The molecular weight excluding hydrogens is 170 g/mol. The summed E-state index contributed by atoms with van der Waals surface area (Å²) in [5.41, 5.74) is 0. The molecule has 0 unspecified atom stereocenters. The molecule has 0 spiro atoms. The maximum atomic E-state index is 11.3. The zero-order chi connectivity index (χ0) is 9.59. The Hall–Kier alpha value is -1.06. The SMILES string of the molecule is CC(C)[C@H]1C(=O)OC(=O)N1C1CC1. The Morgan fingerprint density at radius 2 is 2.00 bits per heavy atom. The Morgan fingerprint density at radius 1 is 1.38 bits per heavy atom. The predicted octanol–water partition coefficient (Wildman–Crippen LogP) is 1.15. The van der Waals surface area contributed by atoms with Gasteiger partial charge in [-0.3, -0.25) is 4.90 Å². The van der Waals surface area contributed by atoms with Crippen molar-refractivity contribution in [1.82, 2.24) is 4.90 Å². The zero-order valence-electron chi connectivity index (χ0n) is 7.82. The second kappa shape index (κ2) is 2.72. The first-order chi connectivity index (χ1) is 6.11. The molecule has 2 fully saturated rings. The quantitative estimate of drug-likeness (QED) is 0.476. The Labute approximate surface area is 76.8 Å². The minimum absolute atomic E-state index is 0.138. The molecule has 4 heteroatoms. The molecule has 0 aromatic carbocycles. The third-order valence-corrected chi connectivity index (χ3v) is 2.51. The van der Waals surface area contributed by atoms with Crippen molar-refractivity contribution < 1.29 is 14.3 Å². The van der Waals surface area contributed by atoms with Crippen LogP contribution in [0, 0.1) is 5.92 Å². The maximum Gasteiger partial charge on any atom is 0.418 e. The number of esters is 1. The first-order valence-electron chi connectivity index (χ1n) is 4.65. The van der Waals surface area contributed by atoms with E-state index in [9.17, 15) is 9.59 Å². The van der Waals surface area contributed by atoms with Gasteiger partial charge < -0.3 is 4.74 Å².